The number of nitrogens with zero attached hydrogens (tertiary/aromatic N) is 3. The highest BCUT2D eigenvalue weighted by molar-refractivity contribution is 6.00. The number of benzene rings is 1. The van der Waals surface area contributed by atoms with Gasteiger partial charge in [0.25, 0.3) is 5.91 Å². The fraction of sp³-hybridized carbons (Fsp3) is 0.550. The summed E-state index contributed by atoms with van der Waals surface area (Å²) in [5.74, 6) is -1.85. The van der Waals surface area contributed by atoms with Crippen molar-refractivity contribution >= 4 is 5.84 Å². The van der Waals surface area contributed by atoms with Crippen molar-refractivity contribution in [2.45, 2.75) is 45.4 Å². The molecule has 0 amide bonds. The van der Waals surface area contributed by atoms with Crippen LogP contribution in [-0.2, 0) is 9.47 Å². The van der Waals surface area contributed by atoms with Crippen molar-refractivity contribution < 1.29 is 9.47 Å². The zero-order valence-corrected chi connectivity index (χ0v) is 15.5. The molecule has 136 valence electrons. The zero-order chi connectivity index (χ0) is 19.0. The summed E-state index contributed by atoms with van der Waals surface area (Å²) in [6.07, 6.45) is 1.48. The van der Waals surface area contributed by atoms with Crippen LogP contribution in [0.1, 0.15) is 43.7 Å². The van der Waals surface area contributed by atoms with Gasteiger partial charge in [-0.05, 0) is 30.9 Å². The first kappa shape index (κ1) is 18.4. The molecule has 1 fully saturated rings. The van der Waals surface area contributed by atoms with Crippen LogP contribution < -0.4 is 5.73 Å². The van der Waals surface area contributed by atoms with Gasteiger partial charge >= 0.3 is 0 Å². The molecular weight excluding hydrogens is 328 g/mol. The minimum absolute atomic E-state index is 0.127. The lowest BCUT2D eigenvalue weighted by Gasteiger charge is -2.32. The van der Waals surface area contributed by atoms with Crippen molar-refractivity contribution in [3.05, 3.63) is 35.4 Å². The number of hydrogen-bond acceptors (Lipinski definition) is 6. The molecule has 0 saturated heterocycles. The highest BCUT2D eigenvalue weighted by Gasteiger charge is 2.93. The van der Waals surface area contributed by atoms with E-state index in [-0.39, 0.29) is 5.84 Å². The van der Waals surface area contributed by atoms with Gasteiger partial charge in [0, 0.05) is 5.92 Å². The van der Waals surface area contributed by atoms with E-state index in [0.717, 1.165) is 24.0 Å². The van der Waals surface area contributed by atoms with Crippen LogP contribution >= 0.6 is 0 Å². The molecule has 6 nitrogen and oxygen atoms in total. The molecule has 0 radical (unpaired) electrons. The molecule has 6 heteroatoms. The molecule has 3 atom stereocenters. The lowest BCUT2D eigenvalue weighted by molar-refractivity contribution is -0.259. The van der Waals surface area contributed by atoms with Crippen molar-refractivity contribution in [2.75, 3.05) is 13.2 Å². The molecule has 0 spiro atoms. The van der Waals surface area contributed by atoms with E-state index in [1.807, 2.05) is 45.0 Å². The molecule has 0 aromatic heterocycles. The summed E-state index contributed by atoms with van der Waals surface area (Å²) < 4.78 is 12.0. The minimum Gasteiger partial charge on any atom is -0.386 e. The second-order valence-corrected chi connectivity index (χ2v) is 6.91. The molecule has 2 N–H and O–H groups in total. The SMILES string of the molecule is CCCOC1(OCCC)N=C(N)C2(C#N)C(c3ccccc3C)C12C#N. The Morgan fingerprint density at radius 3 is 2.23 bits per heavy atom. The number of fused-ring (bicyclic) bond motifs is 1. The Hall–Kier alpha value is -2.41. The number of rotatable bonds is 7. The zero-order valence-electron chi connectivity index (χ0n) is 15.5. The van der Waals surface area contributed by atoms with Gasteiger partial charge in [-0.3, -0.25) is 0 Å². The molecule has 0 bridgehead atoms. The van der Waals surface area contributed by atoms with E-state index >= 15 is 0 Å². The third kappa shape index (κ3) is 2.00. The van der Waals surface area contributed by atoms with Crippen molar-refractivity contribution in [3.63, 3.8) is 0 Å². The summed E-state index contributed by atoms with van der Waals surface area (Å²) in [6.45, 7) is 6.64. The molecule has 3 unspecified atom stereocenters. The highest BCUT2D eigenvalue weighted by Crippen LogP contribution is 2.82. The van der Waals surface area contributed by atoms with Crippen molar-refractivity contribution in [1.82, 2.24) is 0 Å². The fourth-order valence-corrected chi connectivity index (χ4v) is 4.22. The Morgan fingerprint density at radius 1 is 1.12 bits per heavy atom. The maximum Gasteiger partial charge on any atom is 0.293 e. The molecule has 1 aliphatic carbocycles. The first-order valence-electron chi connectivity index (χ1n) is 9.03. The maximum absolute atomic E-state index is 10.2. The second-order valence-electron chi connectivity index (χ2n) is 6.91. The molecule has 1 aromatic carbocycles. The van der Waals surface area contributed by atoms with Crippen LogP contribution in [0.25, 0.3) is 0 Å². The minimum atomic E-state index is -1.54. The predicted octanol–water partition coefficient (Wildman–Crippen LogP) is 2.99. The Bertz CT molecular complexity index is 814. The summed E-state index contributed by atoms with van der Waals surface area (Å²) in [7, 11) is 0. The Morgan fingerprint density at radius 2 is 1.73 bits per heavy atom. The first-order chi connectivity index (χ1) is 12.5. The smallest absolute Gasteiger partial charge is 0.293 e. The van der Waals surface area contributed by atoms with Gasteiger partial charge in [0.15, 0.2) is 5.41 Å². The average Bonchev–Trinajstić information content (AvgIpc) is 3.22. The summed E-state index contributed by atoms with van der Waals surface area (Å²) in [6, 6.07) is 12.4. The van der Waals surface area contributed by atoms with Crippen LogP contribution in [0.2, 0.25) is 0 Å². The molecule has 26 heavy (non-hydrogen) atoms. The van der Waals surface area contributed by atoms with E-state index in [1.165, 1.54) is 0 Å². The topological polar surface area (TPSA) is 104 Å². The Kier molecular flexibility index (Phi) is 4.52. The van der Waals surface area contributed by atoms with Crippen LogP contribution in [0.15, 0.2) is 29.3 Å². The third-order valence-electron chi connectivity index (χ3n) is 5.43. The van der Waals surface area contributed by atoms with Crippen LogP contribution in [0, 0.1) is 40.4 Å². The van der Waals surface area contributed by atoms with Crippen LogP contribution in [0.5, 0.6) is 0 Å². The lowest BCUT2D eigenvalue weighted by atomic mass is 9.93. The molecule has 3 rings (SSSR count). The van der Waals surface area contributed by atoms with E-state index in [9.17, 15) is 10.5 Å². The molecule has 1 heterocycles. The second kappa shape index (κ2) is 6.39. The average molecular weight is 352 g/mol. The Labute approximate surface area is 154 Å². The van der Waals surface area contributed by atoms with Crippen LogP contribution in [0.3, 0.4) is 0 Å². The van der Waals surface area contributed by atoms with Gasteiger partial charge in [0.1, 0.15) is 11.3 Å². The van der Waals surface area contributed by atoms with E-state index in [1.54, 1.807) is 0 Å². The fourth-order valence-electron chi connectivity index (χ4n) is 4.22. The Balaban J connectivity index is 2.19. The largest absolute Gasteiger partial charge is 0.386 e. The van der Waals surface area contributed by atoms with Crippen LogP contribution in [-0.4, -0.2) is 25.0 Å². The molecular formula is C20H24N4O2. The van der Waals surface area contributed by atoms with Gasteiger partial charge in [0.2, 0.25) is 0 Å². The lowest BCUT2D eigenvalue weighted by Crippen LogP contribution is -2.44. The normalized spacial score (nSPS) is 30.8. The molecule has 1 aliphatic heterocycles. The number of nitrogens with two attached hydrogens (primary N) is 1. The van der Waals surface area contributed by atoms with Crippen LogP contribution in [0.4, 0.5) is 0 Å². The van der Waals surface area contributed by atoms with E-state index < -0.39 is 22.7 Å². The molecule has 1 saturated carbocycles. The highest BCUT2D eigenvalue weighted by atomic mass is 16.7. The maximum atomic E-state index is 10.2. The van der Waals surface area contributed by atoms with E-state index in [0.29, 0.717) is 13.2 Å². The number of hydrogen-bond donors (Lipinski definition) is 1. The number of nitriles is 2. The van der Waals surface area contributed by atoms with E-state index in [4.69, 9.17) is 15.2 Å². The van der Waals surface area contributed by atoms with Crippen molar-refractivity contribution in [1.29, 1.82) is 10.5 Å². The molecule has 1 aromatic rings. The van der Waals surface area contributed by atoms with E-state index in [2.05, 4.69) is 17.1 Å². The predicted molar refractivity (Wildman–Crippen MR) is 96.9 cm³/mol. The van der Waals surface area contributed by atoms with Gasteiger partial charge in [-0.15, -0.1) is 0 Å². The van der Waals surface area contributed by atoms with Gasteiger partial charge in [0.05, 0.1) is 25.4 Å². The quantitative estimate of drug-likeness (QED) is 0.760. The first-order valence-corrected chi connectivity index (χ1v) is 9.03. The monoisotopic (exact) mass is 352 g/mol. The summed E-state index contributed by atoms with van der Waals surface area (Å²) in [5.41, 5.74) is 5.65. The summed E-state index contributed by atoms with van der Waals surface area (Å²) >= 11 is 0. The number of aliphatic imine (C=N–C) groups is 1. The van der Waals surface area contributed by atoms with Crippen molar-refractivity contribution in [2.24, 2.45) is 21.6 Å². The van der Waals surface area contributed by atoms with Gasteiger partial charge in [-0.2, -0.15) is 10.5 Å². The summed E-state index contributed by atoms with van der Waals surface area (Å²) in [5, 5.41) is 20.3. The molecule has 2 aliphatic rings. The standard InChI is InChI=1S/C20H24N4O2/c1-4-10-25-20(26-11-5-2)19(13-22)16(15-9-7-6-8-14(15)3)18(19,12-21)17(23)24-20/h6-9,16H,4-5,10-11H2,1-3H3,(H2,23,24). The third-order valence-corrected chi connectivity index (χ3v) is 5.43. The van der Waals surface area contributed by atoms with Crippen molar-refractivity contribution in [3.8, 4) is 12.1 Å². The van der Waals surface area contributed by atoms with Gasteiger partial charge in [-0.25, -0.2) is 4.99 Å². The van der Waals surface area contributed by atoms with Gasteiger partial charge in [-0.1, -0.05) is 38.1 Å². The summed E-state index contributed by atoms with van der Waals surface area (Å²) in [4.78, 5) is 4.42. The number of ether oxygens (including phenoxy) is 2. The number of amidine groups is 1. The van der Waals surface area contributed by atoms with Gasteiger partial charge < -0.3 is 15.2 Å². The number of aryl methyl sites for hydroxylation is 1.